The molecule has 21 heavy (non-hydrogen) atoms. The van der Waals surface area contributed by atoms with E-state index < -0.39 is 0 Å². The Bertz CT molecular complexity index is 935. The Morgan fingerprint density at radius 3 is 2.76 bits per heavy atom. The lowest BCUT2D eigenvalue weighted by Crippen LogP contribution is -1.99. The number of halogens is 1. The molecule has 2 aromatic carbocycles. The average Bonchev–Trinajstić information content (AvgIpc) is 2.92. The van der Waals surface area contributed by atoms with Crippen molar-refractivity contribution >= 4 is 33.4 Å². The topological polar surface area (TPSA) is 17.8 Å². The highest BCUT2D eigenvalue weighted by Gasteiger charge is 2.07. The van der Waals surface area contributed by atoms with Crippen LogP contribution in [0.3, 0.4) is 0 Å². The summed E-state index contributed by atoms with van der Waals surface area (Å²) in [6, 6.07) is 18.4. The second-order valence-electron chi connectivity index (χ2n) is 5.11. The van der Waals surface area contributed by atoms with Crippen molar-refractivity contribution in [1.82, 2.24) is 9.55 Å². The average molecular weight is 293 g/mol. The van der Waals surface area contributed by atoms with Gasteiger partial charge in [0.1, 0.15) is 0 Å². The van der Waals surface area contributed by atoms with Gasteiger partial charge in [0.2, 0.25) is 0 Å². The minimum Gasteiger partial charge on any atom is -0.343 e. The summed E-state index contributed by atoms with van der Waals surface area (Å²) < 4.78 is 2.21. The van der Waals surface area contributed by atoms with Crippen molar-refractivity contribution in [3.05, 3.63) is 77.6 Å². The molecule has 0 fully saturated rings. The first-order valence-electron chi connectivity index (χ1n) is 6.89. The van der Waals surface area contributed by atoms with Crippen LogP contribution in [0.2, 0.25) is 5.02 Å². The Balaban J connectivity index is 1.85. The van der Waals surface area contributed by atoms with Gasteiger partial charge in [-0.15, -0.1) is 0 Å². The van der Waals surface area contributed by atoms with E-state index in [2.05, 4.69) is 52.1 Å². The quantitative estimate of drug-likeness (QED) is 0.514. The first-order valence-corrected chi connectivity index (χ1v) is 7.27. The highest BCUT2D eigenvalue weighted by atomic mass is 35.5. The molecule has 0 aliphatic heterocycles. The Morgan fingerprint density at radius 2 is 1.81 bits per heavy atom. The van der Waals surface area contributed by atoms with Crippen LogP contribution in [-0.4, -0.2) is 9.55 Å². The van der Waals surface area contributed by atoms with Crippen LogP contribution in [0.5, 0.6) is 0 Å². The van der Waals surface area contributed by atoms with Crippen molar-refractivity contribution in [2.24, 2.45) is 0 Å². The zero-order chi connectivity index (χ0) is 14.2. The fourth-order valence-corrected chi connectivity index (χ4v) is 3.03. The molecule has 4 rings (SSSR count). The second-order valence-corrected chi connectivity index (χ2v) is 5.52. The predicted molar refractivity (Wildman–Crippen MR) is 87.8 cm³/mol. The van der Waals surface area contributed by atoms with E-state index in [4.69, 9.17) is 11.6 Å². The molecule has 0 spiro atoms. The molecule has 0 unspecified atom stereocenters. The van der Waals surface area contributed by atoms with E-state index in [1.54, 1.807) is 0 Å². The number of nitrogens with zero attached hydrogens (tertiary/aromatic N) is 2. The zero-order valence-corrected chi connectivity index (χ0v) is 12.1. The molecule has 0 radical (unpaired) electrons. The van der Waals surface area contributed by atoms with Crippen LogP contribution in [0.25, 0.3) is 21.8 Å². The summed E-state index contributed by atoms with van der Waals surface area (Å²) in [7, 11) is 0. The van der Waals surface area contributed by atoms with E-state index >= 15 is 0 Å². The van der Waals surface area contributed by atoms with Gasteiger partial charge in [0.25, 0.3) is 0 Å². The summed E-state index contributed by atoms with van der Waals surface area (Å²) in [6.45, 7) is 0.790. The van der Waals surface area contributed by atoms with Crippen LogP contribution in [0.4, 0.5) is 0 Å². The molecular formula is C18H13ClN2. The summed E-state index contributed by atoms with van der Waals surface area (Å²) in [5.74, 6) is 0. The molecule has 102 valence electrons. The summed E-state index contributed by atoms with van der Waals surface area (Å²) in [4.78, 5) is 4.52. The Kier molecular flexibility index (Phi) is 2.90. The fraction of sp³-hybridized carbons (Fsp3) is 0.0556. The molecule has 2 aromatic heterocycles. The van der Waals surface area contributed by atoms with E-state index in [-0.39, 0.29) is 0 Å². The zero-order valence-electron chi connectivity index (χ0n) is 11.3. The molecule has 0 aliphatic rings. The van der Waals surface area contributed by atoms with Crippen molar-refractivity contribution in [2.75, 3.05) is 0 Å². The van der Waals surface area contributed by atoms with Gasteiger partial charge in [0, 0.05) is 40.3 Å². The van der Waals surface area contributed by atoms with E-state index in [1.807, 2.05) is 24.4 Å². The largest absolute Gasteiger partial charge is 0.343 e. The molecule has 0 atom stereocenters. The molecule has 0 saturated carbocycles. The first-order chi connectivity index (χ1) is 10.3. The van der Waals surface area contributed by atoms with Gasteiger partial charge in [-0.25, -0.2) is 0 Å². The molecule has 0 bridgehead atoms. The van der Waals surface area contributed by atoms with Crippen LogP contribution < -0.4 is 0 Å². The van der Waals surface area contributed by atoms with Crippen LogP contribution in [0.1, 0.15) is 5.56 Å². The minimum atomic E-state index is 0.790. The number of hydrogen-bond donors (Lipinski definition) is 0. The number of rotatable bonds is 2. The molecule has 0 saturated heterocycles. The van der Waals surface area contributed by atoms with Crippen molar-refractivity contribution in [3.8, 4) is 0 Å². The van der Waals surface area contributed by atoms with E-state index in [0.717, 1.165) is 28.0 Å². The van der Waals surface area contributed by atoms with Crippen LogP contribution in [-0.2, 0) is 6.54 Å². The molecule has 3 heteroatoms. The van der Waals surface area contributed by atoms with Gasteiger partial charge in [-0.2, -0.15) is 0 Å². The summed E-state index contributed by atoms with van der Waals surface area (Å²) >= 11 is 6.24. The lowest BCUT2D eigenvalue weighted by Gasteiger charge is -2.08. The molecule has 4 aromatic rings. The van der Waals surface area contributed by atoms with Gasteiger partial charge in [-0.05, 0) is 29.8 Å². The number of para-hydroxylation sites is 1. The van der Waals surface area contributed by atoms with Crippen LogP contribution in [0, 0.1) is 0 Å². The Hall–Kier alpha value is -2.32. The van der Waals surface area contributed by atoms with Gasteiger partial charge in [-0.1, -0.05) is 41.9 Å². The number of benzene rings is 2. The third kappa shape index (κ3) is 2.08. The van der Waals surface area contributed by atoms with Crippen LogP contribution >= 0.6 is 11.6 Å². The summed E-state index contributed by atoms with van der Waals surface area (Å²) in [5, 5.41) is 3.05. The predicted octanol–water partition coefficient (Wildman–Crippen LogP) is 4.89. The fourth-order valence-electron chi connectivity index (χ4n) is 2.80. The van der Waals surface area contributed by atoms with Gasteiger partial charge < -0.3 is 4.57 Å². The molecular weight excluding hydrogens is 280 g/mol. The normalized spacial score (nSPS) is 11.3. The highest BCUT2D eigenvalue weighted by molar-refractivity contribution is 6.35. The third-order valence-corrected chi connectivity index (χ3v) is 4.15. The minimum absolute atomic E-state index is 0.790. The van der Waals surface area contributed by atoms with Gasteiger partial charge in [0.15, 0.2) is 0 Å². The Morgan fingerprint density at radius 1 is 0.952 bits per heavy atom. The molecule has 0 amide bonds. The second kappa shape index (κ2) is 4.90. The number of fused-ring (bicyclic) bond motifs is 2. The van der Waals surface area contributed by atoms with Crippen molar-refractivity contribution < 1.29 is 0 Å². The smallest absolute Gasteiger partial charge is 0.0751 e. The van der Waals surface area contributed by atoms with Gasteiger partial charge in [-0.3, -0.25) is 4.98 Å². The summed E-state index contributed by atoms with van der Waals surface area (Å²) in [5.41, 5.74) is 3.42. The van der Waals surface area contributed by atoms with Crippen molar-refractivity contribution in [1.29, 1.82) is 0 Å². The van der Waals surface area contributed by atoms with Gasteiger partial charge in [0.05, 0.1) is 5.52 Å². The molecule has 0 N–H and O–H groups in total. The van der Waals surface area contributed by atoms with E-state index in [0.29, 0.717) is 0 Å². The lowest BCUT2D eigenvalue weighted by atomic mass is 10.1. The maximum absolute atomic E-state index is 6.24. The molecule has 2 nitrogen and oxygen atoms in total. The lowest BCUT2D eigenvalue weighted by molar-refractivity contribution is 0.841. The third-order valence-electron chi connectivity index (χ3n) is 3.82. The van der Waals surface area contributed by atoms with Gasteiger partial charge >= 0.3 is 0 Å². The molecule has 2 heterocycles. The first kappa shape index (κ1) is 12.4. The summed E-state index contributed by atoms with van der Waals surface area (Å²) in [6.07, 6.45) is 3.93. The maximum atomic E-state index is 6.24. The number of hydrogen-bond acceptors (Lipinski definition) is 1. The van der Waals surface area contributed by atoms with E-state index in [1.165, 1.54) is 10.9 Å². The number of pyridine rings is 1. The maximum Gasteiger partial charge on any atom is 0.0751 e. The monoisotopic (exact) mass is 292 g/mol. The van der Waals surface area contributed by atoms with E-state index in [9.17, 15) is 0 Å². The number of aromatic nitrogens is 2. The standard InChI is InChI=1S/C18H13ClN2/c19-16-7-2-8-17-15(16)9-11-21(17)12-14-5-1-4-13-6-3-10-20-18(13)14/h1-11H,12H2. The Labute approximate surface area is 127 Å². The highest BCUT2D eigenvalue weighted by Crippen LogP contribution is 2.26. The van der Waals surface area contributed by atoms with Crippen molar-refractivity contribution in [3.63, 3.8) is 0 Å². The SMILES string of the molecule is Clc1cccc2c1ccn2Cc1cccc2cccnc12. The van der Waals surface area contributed by atoms with Crippen LogP contribution in [0.15, 0.2) is 67.0 Å². The molecule has 0 aliphatic carbocycles. The van der Waals surface area contributed by atoms with Crippen molar-refractivity contribution in [2.45, 2.75) is 6.54 Å².